The number of benzene rings is 2. The molecule has 1 fully saturated rings. The lowest BCUT2D eigenvalue weighted by molar-refractivity contribution is -0.124. The third kappa shape index (κ3) is 3.42. The fourth-order valence-electron chi connectivity index (χ4n) is 3.05. The average Bonchev–Trinajstić information content (AvgIpc) is 3.43. The minimum Gasteiger partial charge on any atom is -0.349 e. The molecule has 5 nitrogen and oxygen atoms in total. The summed E-state index contributed by atoms with van der Waals surface area (Å²) in [6.45, 7) is 3.95. The molecule has 0 bridgehead atoms. The van der Waals surface area contributed by atoms with Gasteiger partial charge in [-0.3, -0.25) is 14.8 Å². The second kappa shape index (κ2) is 6.69. The molecular weight excluding hydrogens is 316 g/mol. The smallest absolute Gasteiger partial charge is 0.274 e. The minimum atomic E-state index is -0.556. The van der Waals surface area contributed by atoms with Gasteiger partial charge in [-0.15, -0.1) is 0 Å². The first-order valence-corrected chi connectivity index (χ1v) is 8.39. The van der Waals surface area contributed by atoms with Crippen LogP contribution in [0.25, 0.3) is 0 Å². The lowest BCUT2D eigenvalue weighted by atomic mass is 9.93. The van der Waals surface area contributed by atoms with Crippen LogP contribution in [0.4, 0.5) is 0 Å². The van der Waals surface area contributed by atoms with E-state index in [1.807, 2.05) is 38.1 Å². The zero-order chi connectivity index (χ0) is 18.0. The Morgan fingerprint density at radius 1 is 1.04 bits per heavy atom. The summed E-state index contributed by atoms with van der Waals surface area (Å²) in [7, 11) is 0. The van der Waals surface area contributed by atoms with Crippen molar-refractivity contribution in [3.8, 4) is 0 Å². The van der Waals surface area contributed by atoms with E-state index in [1.165, 1.54) is 5.56 Å². The van der Waals surface area contributed by atoms with Crippen molar-refractivity contribution in [3.63, 3.8) is 0 Å². The van der Waals surface area contributed by atoms with Crippen molar-refractivity contribution in [1.29, 1.82) is 0 Å². The standard InChI is InChI=1S/C20H22N2O3/c1-13-3-9-17(10-4-13)20(11-12-20)19(24)21-14(2)15-5-7-16(8-6-15)18(23)22-25/h3-10,14,25H,11-12H2,1-2H3,(H,21,24)(H,22,23). The molecule has 0 aromatic heterocycles. The van der Waals surface area contributed by atoms with E-state index < -0.39 is 11.3 Å². The summed E-state index contributed by atoms with van der Waals surface area (Å²) in [5.41, 5.74) is 4.72. The highest BCUT2D eigenvalue weighted by Crippen LogP contribution is 2.48. The summed E-state index contributed by atoms with van der Waals surface area (Å²) in [5, 5.41) is 11.7. The third-order valence-corrected chi connectivity index (χ3v) is 4.91. The number of hydrogen-bond donors (Lipinski definition) is 3. The molecule has 3 rings (SSSR count). The highest BCUT2D eigenvalue weighted by Gasteiger charge is 2.51. The van der Waals surface area contributed by atoms with Crippen molar-refractivity contribution >= 4 is 11.8 Å². The molecule has 2 aromatic carbocycles. The first-order chi connectivity index (χ1) is 12.0. The van der Waals surface area contributed by atoms with Gasteiger partial charge in [0.1, 0.15) is 0 Å². The number of amides is 2. The molecule has 1 aliphatic carbocycles. The zero-order valence-corrected chi connectivity index (χ0v) is 14.4. The Hall–Kier alpha value is -2.66. The Morgan fingerprint density at radius 3 is 2.16 bits per heavy atom. The lowest BCUT2D eigenvalue weighted by Gasteiger charge is -2.20. The largest absolute Gasteiger partial charge is 0.349 e. The Balaban J connectivity index is 1.70. The number of nitrogens with one attached hydrogen (secondary N) is 2. The van der Waals surface area contributed by atoms with Gasteiger partial charge < -0.3 is 5.32 Å². The van der Waals surface area contributed by atoms with Gasteiger partial charge in [0.25, 0.3) is 5.91 Å². The molecule has 25 heavy (non-hydrogen) atoms. The molecule has 130 valence electrons. The predicted octanol–water partition coefficient (Wildman–Crippen LogP) is 3.02. The van der Waals surface area contributed by atoms with Gasteiger partial charge in [-0.25, -0.2) is 5.48 Å². The van der Waals surface area contributed by atoms with Gasteiger partial charge in [0.2, 0.25) is 5.91 Å². The van der Waals surface area contributed by atoms with E-state index >= 15 is 0 Å². The first kappa shape index (κ1) is 17.2. The molecule has 1 atom stereocenters. The van der Waals surface area contributed by atoms with Gasteiger partial charge in [0, 0.05) is 5.56 Å². The monoisotopic (exact) mass is 338 g/mol. The lowest BCUT2D eigenvalue weighted by Crippen LogP contribution is -2.36. The van der Waals surface area contributed by atoms with Gasteiger partial charge in [0.15, 0.2) is 0 Å². The second-order valence-corrected chi connectivity index (χ2v) is 6.71. The Kier molecular flexibility index (Phi) is 4.59. The third-order valence-electron chi connectivity index (χ3n) is 4.91. The van der Waals surface area contributed by atoms with Crippen LogP contribution >= 0.6 is 0 Å². The van der Waals surface area contributed by atoms with Crippen LogP contribution in [0.2, 0.25) is 0 Å². The van der Waals surface area contributed by atoms with Crippen LogP contribution < -0.4 is 10.8 Å². The molecule has 5 heteroatoms. The summed E-state index contributed by atoms with van der Waals surface area (Å²) in [6, 6.07) is 14.8. The van der Waals surface area contributed by atoms with Crippen LogP contribution in [0, 0.1) is 6.92 Å². The normalized spacial score (nSPS) is 16.0. The topological polar surface area (TPSA) is 78.4 Å². The van der Waals surface area contributed by atoms with Crippen LogP contribution in [0.15, 0.2) is 48.5 Å². The van der Waals surface area contributed by atoms with Crippen LogP contribution in [-0.4, -0.2) is 17.0 Å². The van der Waals surface area contributed by atoms with Gasteiger partial charge in [0.05, 0.1) is 11.5 Å². The van der Waals surface area contributed by atoms with Gasteiger partial charge in [-0.05, 0) is 49.9 Å². The summed E-state index contributed by atoms with van der Waals surface area (Å²) in [4.78, 5) is 24.2. The first-order valence-electron chi connectivity index (χ1n) is 8.39. The van der Waals surface area contributed by atoms with Gasteiger partial charge in [-0.2, -0.15) is 0 Å². The highest BCUT2D eigenvalue weighted by atomic mass is 16.5. The predicted molar refractivity (Wildman–Crippen MR) is 94.3 cm³/mol. The van der Waals surface area contributed by atoms with Crippen molar-refractivity contribution in [2.45, 2.75) is 38.1 Å². The average molecular weight is 338 g/mol. The number of aryl methyl sites for hydroxylation is 1. The highest BCUT2D eigenvalue weighted by molar-refractivity contribution is 5.93. The van der Waals surface area contributed by atoms with E-state index in [2.05, 4.69) is 5.32 Å². The maximum absolute atomic E-state index is 12.8. The number of hydroxylamine groups is 1. The fourth-order valence-corrected chi connectivity index (χ4v) is 3.05. The van der Waals surface area contributed by atoms with Gasteiger partial charge in [-0.1, -0.05) is 42.0 Å². The zero-order valence-electron chi connectivity index (χ0n) is 14.4. The van der Waals surface area contributed by atoms with Crippen molar-refractivity contribution in [2.75, 3.05) is 0 Å². The Bertz CT molecular complexity index is 778. The van der Waals surface area contributed by atoms with Crippen LogP contribution in [0.5, 0.6) is 0 Å². The van der Waals surface area contributed by atoms with E-state index in [9.17, 15) is 9.59 Å². The summed E-state index contributed by atoms with van der Waals surface area (Å²) < 4.78 is 0. The van der Waals surface area contributed by atoms with Gasteiger partial charge >= 0.3 is 0 Å². The molecule has 0 saturated heterocycles. The quantitative estimate of drug-likeness (QED) is 0.579. The maximum Gasteiger partial charge on any atom is 0.274 e. The van der Waals surface area contributed by atoms with Crippen molar-refractivity contribution in [2.24, 2.45) is 0 Å². The number of carbonyl (C=O) groups is 2. The van der Waals surface area contributed by atoms with E-state index in [4.69, 9.17) is 5.21 Å². The van der Waals surface area contributed by atoms with E-state index in [-0.39, 0.29) is 11.9 Å². The molecule has 0 aliphatic heterocycles. The molecular formula is C20H22N2O3. The molecule has 0 heterocycles. The SMILES string of the molecule is Cc1ccc(C2(C(=O)NC(C)c3ccc(C(=O)NO)cc3)CC2)cc1. The number of rotatable bonds is 5. The molecule has 1 aliphatic rings. The van der Waals surface area contributed by atoms with Crippen LogP contribution in [0.3, 0.4) is 0 Å². The second-order valence-electron chi connectivity index (χ2n) is 6.71. The van der Waals surface area contributed by atoms with Crippen molar-refractivity contribution in [1.82, 2.24) is 10.8 Å². The minimum absolute atomic E-state index is 0.0426. The number of carbonyl (C=O) groups excluding carboxylic acids is 2. The fraction of sp³-hybridized carbons (Fsp3) is 0.300. The molecule has 3 N–H and O–H groups in total. The van der Waals surface area contributed by atoms with E-state index in [0.29, 0.717) is 5.56 Å². The number of hydrogen-bond acceptors (Lipinski definition) is 3. The van der Waals surface area contributed by atoms with E-state index in [0.717, 1.165) is 24.0 Å². The summed E-state index contributed by atoms with van der Waals surface area (Å²) >= 11 is 0. The molecule has 1 saturated carbocycles. The van der Waals surface area contributed by atoms with Crippen molar-refractivity contribution in [3.05, 3.63) is 70.8 Å². The molecule has 0 radical (unpaired) electrons. The molecule has 1 unspecified atom stereocenters. The van der Waals surface area contributed by atoms with E-state index in [1.54, 1.807) is 29.7 Å². The molecule has 2 amide bonds. The summed E-state index contributed by atoms with van der Waals surface area (Å²) in [5.74, 6) is -0.513. The van der Waals surface area contributed by atoms with Crippen LogP contribution in [0.1, 0.15) is 52.9 Å². The summed E-state index contributed by atoms with van der Waals surface area (Å²) in [6.07, 6.45) is 1.73. The Labute approximate surface area is 147 Å². The maximum atomic E-state index is 12.8. The van der Waals surface area contributed by atoms with Crippen molar-refractivity contribution < 1.29 is 14.8 Å². The molecule has 2 aromatic rings. The molecule has 0 spiro atoms. The Morgan fingerprint density at radius 2 is 1.64 bits per heavy atom. The van der Waals surface area contributed by atoms with Crippen LogP contribution in [-0.2, 0) is 10.2 Å².